The van der Waals surface area contributed by atoms with Crippen molar-refractivity contribution >= 4 is 37.7 Å². The minimum absolute atomic E-state index is 0. The van der Waals surface area contributed by atoms with Crippen LogP contribution in [0, 0.1) is 0 Å². The summed E-state index contributed by atoms with van der Waals surface area (Å²) in [5.74, 6) is 0. The Morgan fingerprint density at radius 2 is 1.09 bits per heavy atom. The second-order valence-electron chi connectivity index (χ2n) is 0.667. The molecule has 0 unspecified atom stereocenters. The van der Waals surface area contributed by atoms with Crippen LogP contribution in [-0.2, 0) is 0 Å². The summed E-state index contributed by atoms with van der Waals surface area (Å²) in [6.45, 7) is 4.00. The molecule has 0 saturated heterocycles. The van der Waals surface area contributed by atoms with E-state index >= 15 is 0 Å². The summed E-state index contributed by atoms with van der Waals surface area (Å²) < 4.78 is 10.8. The molecule has 0 amide bonds. The van der Waals surface area contributed by atoms with Crippen molar-refractivity contribution in [3.8, 4) is 0 Å². The van der Waals surface area contributed by atoms with Crippen molar-refractivity contribution in [3.63, 3.8) is 0 Å². The largest absolute Gasteiger partial charge is 2.00 e. The van der Waals surface area contributed by atoms with Gasteiger partial charge < -0.3 is 16.4 Å². The van der Waals surface area contributed by atoms with Crippen LogP contribution in [0.1, 0.15) is 36.1 Å². The van der Waals surface area contributed by atoms with E-state index in [0.29, 0.717) is 0 Å². The molecule has 4 N–H and O–H groups in total. The van der Waals surface area contributed by atoms with Crippen LogP contribution in [0.25, 0.3) is 0 Å². The van der Waals surface area contributed by atoms with E-state index in [1.165, 1.54) is 0 Å². The summed E-state index contributed by atoms with van der Waals surface area (Å²) in [4.78, 5) is 0. The molecule has 0 bridgehead atoms. The molecule has 0 atom stereocenters. The quantitative estimate of drug-likeness (QED) is 0.441. The predicted octanol–water partition coefficient (Wildman–Crippen LogP) is 1.93. The average molecular weight is 200 g/mol. The Balaban J connectivity index is -0.00000000444. The van der Waals surface area contributed by atoms with Gasteiger partial charge in [-0.2, -0.15) is 0 Å². The number of hydrogen-bond acceptors (Lipinski definition) is 2. The van der Waals surface area contributed by atoms with Gasteiger partial charge in [0, 0.05) is 0 Å². The molecule has 0 saturated carbocycles. The van der Waals surface area contributed by atoms with Gasteiger partial charge in [0.05, 0.1) is 0 Å². The van der Waals surface area contributed by atoms with Gasteiger partial charge in [0.2, 0.25) is 2.86 Å². The van der Waals surface area contributed by atoms with Crippen LogP contribution in [0.5, 0.6) is 0 Å². The SMILES string of the molecule is C.C.C.CC=CC.[3H]O[3H].[Ca+2].[OH-].[OH-]. The van der Waals surface area contributed by atoms with Gasteiger partial charge in [0.15, 0.2) is 0 Å². The molecule has 0 heterocycles. The van der Waals surface area contributed by atoms with Crippen LogP contribution in [0.4, 0.5) is 0 Å². The van der Waals surface area contributed by atoms with Crippen LogP contribution in [0.15, 0.2) is 12.2 Å². The molecule has 0 radical (unpaired) electrons. The Kier molecular flexibility index (Phi) is 474. The van der Waals surface area contributed by atoms with Crippen molar-refractivity contribution in [1.82, 2.24) is 0 Å². The molecular weight excluding hydrogens is 172 g/mol. The normalized spacial score (nSPS) is 5.27. The summed E-state index contributed by atoms with van der Waals surface area (Å²) >= 11 is 0. The Bertz CT molecular complexity index is 44.7. The molecule has 0 aliphatic heterocycles. The van der Waals surface area contributed by atoms with Crippen LogP contribution in [0.3, 0.4) is 0 Å². The number of hydrogen-bond donors (Lipinski definition) is 0. The molecule has 72 valence electrons. The van der Waals surface area contributed by atoms with E-state index in [9.17, 15) is 0 Å². The van der Waals surface area contributed by atoms with E-state index in [1.807, 2.05) is 26.0 Å². The third-order valence-electron chi connectivity index (χ3n) is 0.333. The summed E-state index contributed by atoms with van der Waals surface area (Å²) in [5, 5.41) is 0. The van der Waals surface area contributed by atoms with E-state index < -0.39 is 0 Å². The van der Waals surface area contributed by atoms with Crippen molar-refractivity contribution in [1.29, 1.82) is 2.86 Å². The summed E-state index contributed by atoms with van der Waals surface area (Å²) in [6.07, 6.45) is 4.00. The maximum atomic E-state index is 5.38. The van der Waals surface area contributed by atoms with Crippen LogP contribution < -0.4 is 0 Å². The first kappa shape index (κ1) is 40.7. The minimum Gasteiger partial charge on any atom is -0.870 e. The average Bonchev–Trinajstić information content (AvgIpc) is 1.69. The third kappa shape index (κ3) is 243. The van der Waals surface area contributed by atoms with E-state index in [-0.39, 0.29) is 71.0 Å². The molecule has 11 heavy (non-hydrogen) atoms. The van der Waals surface area contributed by atoms with E-state index in [1.54, 1.807) is 0 Å². The molecule has 0 aromatic heterocycles. The molecule has 4 heteroatoms. The van der Waals surface area contributed by atoms with Crippen molar-refractivity contribution in [2.45, 2.75) is 36.1 Å². The zero-order valence-corrected chi connectivity index (χ0v) is 7.37. The Labute approximate surface area is 105 Å². The van der Waals surface area contributed by atoms with Gasteiger partial charge in [-0.3, -0.25) is 0 Å². The Hall–Kier alpha value is 0.880. The van der Waals surface area contributed by atoms with Gasteiger partial charge in [-0.25, -0.2) is 0 Å². The van der Waals surface area contributed by atoms with Crippen LogP contribution >= 0.6 is 0 Å². The smallest absolute Gasteiger partial charge is 0.870 e. The molecule has 0 aromatic carbocycles. The topological polar surface area (TPSA) is 91.5 Å². The van der Waals surface area contributed by atoms with E-state index in [2.05, 4.69) is 5.48 Å². The number of allylic oxidation sites excluding steroid dienone is 2. The number of rotatable bonds is 0. The zero-order chi connectivity index (χ0) is 6.12. The Morgan fingerprint density at radius 3 is 1.09 bits per heavy atom. The molecule has 3 nitrogen and oxygen atoms in total. The second-order valence-corrected chi connectivity index (χ2v) is 0.667. The first-order chi connectivity index (χ1) is 3.33. The van der Waals surface area contributed by atoms with Crippen molar-refractivity contribution in [3.05, 3.63) is 12.2 Å². The minimum atomic E-state index is 0. The fourth-order valence-electron chi connectivity index (χ4n) is 0. The first-order valence-corrected chi connectivity index (χ1v) is 1.49. The van der Waals surface area contributed by atoms with Gasteiger partial charge in [-0.1, -0.05) is 34.4 Å². The molecule has 0 fully saturated rings. The monoisotopic (exact) mass is 200 g/mol. The molecule has 0 rings (SSSR count). The fourth-order valence-corrected chi connectivity index (χ4v) is 0. The first-order valence-electron chi connectivity index (χ1n) is 2.30. The van der Waals surface area contributed by atoms with Gasteiger partial charge in [-0.15, -0.1) is 0 Å². The maximum Gasteiger partial charge on any atom is 2.00 e. The molecular formula is C7H24CaO3. The van der Waals surface area contributed by atoms with Crippen molar-refractivity contribution in [2.75, 3.05) is 0 Å². The summed E-state index contributed by atoms with van der Waals surface area (Å²) in [7, 11) is 0. The third-order valence-corrected chi connectivity index (χ3v) is 0.333. The summed E-state index contributed by atoms with van der Waals surface area (Å²) in [6, 6.07) is 0. The maximum absolute atomic E-state index is 5.38. The summed E-state index contributed by atoms with van der Waals surface area (Å²) in [5.41, 5.74) is 2.75. The van der Waals surface area contributed by atoms with Gasteiger partial charge in [0.1, 0.15) is 0 Å². The second kappa shape index (κ2) is 128. The van der Waals surface area contributed by atoms with Gasteiger partial charge >= 0.3 is 37.7 Å². The van der Waals surface area contributed by atoms with Crippen LogP contribution in [-0.4, -0.2) is 57.0 Å². The fraction of sp³-hybridized carbons (Fsp3) is 0.714. The molecule has 0 aromatic rings. The molecule has 0 aliphatic rings. The van der Waals surface area contributed by atoms with Crippen molar-refractivity contribution in [2.24, 2.45) is 0 Å². The predicted molar refractivity (Wildman–Crippen MR) is 53.9 cm³/mol. The van der Waals surface area contributed by atoms with Crippen molar-refractivity contribution < 1.29 is 16.4 Å². The van der Waals surface area contributed by atoms with Crippen LogP contribution in [0.2, 0.25) is 0 Å². The van der Waals surface area contributed by atoms with Gasteiger partial charge in [0.25, 0.3) is 0 Å². The van der Waals surface area contributed by atoms with E-state index in [0.717, 1.165) is 0 Å². The van der Waals surface area contributed by atoms with Gasteiger partial charge in [-0.05, 0) is 13.8 Å². The molecule has 0 aliphatic carbocycles. The standard InChI is InChI=1S/C4H8.3CH4.Ca.3H2O/c1-3-4-2;;;;;;;/h3-4H,1-2H3;3*1H4;;3*1H2/q;;;;+2;;;/p-2/i/hT2. The molecule has 0 spiro atoms. The van der Waals surface area contributed by atoms with E-state index in [4.69, 9.17) is 2.86 Å². The Morgan fingerprint density at radius 1 is 1.00 bits per heavy atom. The zero-order valence-electron chi connectivity index (χ0n) is 7.16.